The first kappa shape index (κ1) is 23.3. The molecule has 1 fully saturated rings. The molecule has 1 saturated heterocycles. The summed E-state index contributed by atoms with van der Waals surface area (Å²) in [4.78, 5) is 4.73. The SMILES string of the molecule is CCCCOc1c(C)c(COc2cccc(OCC3CCOCC3)c2)nc2ccc(F)cc12. The number of hydrogen-bond acceptors (Lipinski definition) is 5. The van der Waals surface area contributed by atoms with Crippen LogP contribution in [0.1, 0.15) is 43.9 Å². The number of halogens is 1. The second-order valence-corrected chi connectivity index (χ2v) is 8.51. The number of aromatic nitrogens is 1. The minimum absolute atomic E-state index is 0.284. The Morgan fingerprint density at radius 2 is 1.82 bits per heavy atom. The third-order valence-corrected chi connectivity index (χ3v) is 5.98. The molecule has 33 heavy (non-hydrogen) atoms. The maximum Gasteiger partial charge on any atom is 0.133 e. The molecule has 0 spiro atoms. The molecule has 2 aromatic carbocycles. The van der Waals surface area contributed by atoms with Gasteiger partial charge in [0.1, 0.15) is 29.7 Å². The highest BCUT2D eigenvalue weighted by atomic mass is 19.1. The summed E-state index contributed by atoms with van der Waals surface area (Å²) >= 11 is 0. The molecule has 5 nitrogen and oxygen atoms in total. The molecule has 0 amide bonds. The summed E-state index contributed by atoms with van der Waals surface area (Å²) in [5, 5.41) is 0.691. The molecule has 0 N–H and O–H groups in total. The van der Waals surface area contributed by atoms with Crippen molar-refractivity contribution < 1.29 is 23.3 Å². The number of benzene rings is 2. The van der Waals surface area contributed by atoms with E-state index in [-0.39, 0.29) is 12.4 Å². The summed E-state index contributed by atoms with van der Waals surface area (Å²) in [6, 6.07) is 12.3. The van der Waals surface area contributed by atoms with E-state index in [1.54, 1.807) is 6.07 Å². The molecule has 0 aliphatic carbocycles. The predicted octanol–water partition coefficient (Wildman–Crippen LogP) is 6.25. The zero-order valence-electron chi connectivity index (χ0n) is 19.4. The van der Waals surface area contributed by atoms with E-state index in [1.807, 2.05) is 31.2 Å². The highest BCUT2D eigenvalue weighted by molar-refractivity contribution is 5.86. The predicted molar refractivity (Wildman–Crippen MR) is 127 cm³/mol. The Balaban J connectivity index is 1.47. The number of pyridine rings is 1. The highest BCUT2D eigenvalue weighted by Crippen LogP contribution is 2.32. The molecule has 0 bridgehead atoms. The van der Waals surface area contributed by atoms with E-state index in [1.165, 1.54) is 12.1 Å². The Labute approximate surface area is 194 Å². The topological polar surface area (TPSA) is 49.8 Å². The van der Waals surface area contributed by atoms with Gasteiger partial charge in [-0.25, -0.2) is 9.37 Å². The molecule has 1 aliphatic rings. The lowest BCUT2D eigenvalue weighted by atomic mass is 10.0. The molecule has 0 unspecified atom stereocenters. The lowest BCUT2D eigenvalue weighted by Crippen LogP contribution is -2.21. The molecule has 2 heterocycles. The van der Waals surface area contributed by atoms with E-state index in [0.29, 0.717) is 41.5 Å². The summed E-state index contributed by atoms with van der Waals surface area (Å²) in [7, 11) is 0. The smallest absolute Gasteiger partial charge is 0.133 e. The van der Waals surface area contributed by atoms with Crippen LogP contribution in [-0.2, 0) is 11.3 Å². The molecular formula is C27H32FNO4. The molecule has 4 rings (SSSR count). The lowest BCUT2D eigenvalue weighted by Gasteiger charge is -2.22. The van der Waals surface area contributed by atoms with E-state index in [9.17, 15) is 4.39 Å². The minimum atomic E-state index is -0.300. The summed E-state index contributed by atoms with van der Waals surface area (Å²) in [6.07, 6.45) is 4.04. The molecule has 0 saturated carbocycles. The number of hydrogen-bond donors (Lipinski definition) is 0. The van der Waals surface area contributed by atoms with E-state index < -0.39 is 0 Å². The van der Waals surface area contributed by atoms with Crippen LogP contribution in [0, 0.1) is 18.7 Å². The first-order chi connectivity index (χ1) is 16.1. The van der Waals surface area contributed by atoms with Gasteiger partial charge in [-0.15, -0.1) is 0 Å². The lowest BCUT2D eigenvalue weighted by molar-refractivity contribution is 0.0497. The van der Waals surface area contributed by atoms with Crippen LogP contribution in [0.2, 0.25) is 0 Å². The molecule has 1 aliphatic heterocycles. The van der Waals surface area contributed by atoms with Crippen molar-refractivity contribution in [3.8, 4) is 17.2 Å². The van der Waals surface area contributed by atoms with Gasteiger partial charge < -0.3 is 18.9 Å². The Morgan fingerprint density at radius 3 is 2.61 bits per heavy atom. The van der Waals surface area contributed by atoms with E-state index >= 15 is 0 Å². The van der Waals surface area contributed by atoms with Gasteiger partial charge in [0, 0.05) is 30.2 Å². The molecule has 176 valence electrons. The second kappa shape index (κ2) is 11.3. The van der Waals surface area contributed by atoms with Crippen molar-refractivity contribution in [2.24, 2.45) is 5.92 Å². The number of unbranched alkanes of at least 4 members (excludes halogenated alkanes) is 1. The monoisotopic (exact) mass is 453 g/mol. The van der Waals surface area contributed by atoms with Gasteiger partial charge in [0.05, 0.1) is 24.4 Å². The normalized spacial score (nSPS) is 14.4. The maximum atomic E-state index is 13.9. The van der Waals surface area contributed by atoms with Crippen LogP contribution < -0.4 is 14.2 Å². The summed E-state index contributed by atoms with van der Waals surface area (Å²) < 4.78 is 37.4. The quantitative estimate of drug-likeness (QED) is 0.340. The van der Waals surface area contributed by atoms with Crippen LogP contribution in [0.25, 0.3) is 10.9 Å². The van der Waals surface area contributed by atoms with E-state index in [0.717, 1.165) is 55.9 Å². The molecular weight excluding hydrogens is 421 g/mol. The van der Waals surface area contributed by atoms with Crippen LogP contribution in [0.15, 0.2) is 42.5 Å². The molecule has 3 aromatic rings. The fourth-order valence-corrected chi connectivity index (χ4v) is 3.93. The van der Waals surface area contributed by atoms with Gasteiger partial charge in [-0.1, -0.05) is 19.4 Å². The second-order valence-electron chi connectivity index (χ2n) is 8.51. The van der Waals surface area contributed by atoms with Crippen LogP contribution in [0.5, 0.6) is 17.2 Å². The Kier molecular flexibility index (Phi) is 8.00. The first-order valence-corrected chi connectivity index (χ1v) is 11.8. The standard InChI is InChI=1S/C27H32FNO4/c1-3-4-12-31-27-19(2)26(29-25-9-8-21(28)15-24(25)27)18-33-23-7-5-6-22(16-23)32-17-20-10-13-30-14-11-20/h5-9,15-16,20H,3-4,10-14,17-18H2,1-2H3. The molecule has 1 aromatic heterocycles. The van der Waals surface area contributed by atoms with Crippen LogP contribution in [0.4, 0.5) is 4.39 Å². The summed E-state index contributed by atoms with van der Waals surface area (Å²) in [6.45, 7) is 7.24. The highest BCUT2D eigenvalue weighted by Gasteiger charge is 2.16. The fourth-order valence-electron chi connectivity index (χ4n) is 3.93. The van der Waals surface area contributed by atoms with Gasteiger partial charge in [-0.2, -0.15) is 0 Å². The number of ether oxygens (including phenoxy) is 4. The van der Waals surface area contributed by atoms with Crippen molar-refractivity contribution in [2.45, 2.75) is 46.1 Å². The number of rotatable bonds is 10. The summed E-state index contributed by atoms with van der Waals surface area (Å²) in [5.74, 6) is 2.42. The van der Waals surface area contributed by atoms with Crippen molar-refractivity contribution in [1.29, 1.82) is 0 Å². The van der Waals surface area contributed by atoms with Gasteiger partial charge in [-0.3, -0.25) is 0 Å². The average Bonchev–Trinajstić information content (AvgIpc) is 2.84. The minimum Gasteiger partial charge on any atom is -0.493 e. The maximum absolute atomic E-state index is 13.9. The van der Waals surface area contributed by atoms with Crippen molar-refractivity contribution in [3.05, 3.63) is 59.5 Å². The zero-order chi connectivity index (χ0) is 23.0. The van der Waals surface area contributed by atoms with E-state index in [4.69, 9.17) is 23.9 Å². The van der Waals surface area contributed by atoms with Crippen molar-refractivity contribution in [3.63, 3.8) is 0 Å². The van der Waals surface area contributed by atoms with Crippen molar-refractivity contribution in [1.82, 2.24) is 4.98 Å². The third-order valence-electron chi connectivity index (χ3n) is 5.98. The number of nitrogens with zero attached hydrogens (tertiary/aromatic N) is 1. The Hall–Kier alpha value is -2.86. The fraction of sp³-hybridized carbons (Fsp3) is 0.444. The zero-order valence-corrected chi connectivity index (χ0v) is 19.4. The van der Waals surface area contributed by atoms with Gasteiger partial charge in [0.15, 0.2) is 0 Å². The summed E-state index contributed by atoms with van der Waals surface area (Å²) in [5.41, 5.74) is 2.34. The average molecular weight is 454 g/mol. The Bertz CT molecular complexity index is 1070. The van der Waals surface area contributed by atoms with Crippen molar-refractivity contribution >= 4 is 10.9 Å². The van der Waals surface area contributed by atoms with Crippen LogP contribution in [0.3, 0.4) is 0 Å². The van der Waals surface area contributed by atoms with E-state index in [2.05, 4.69) is 6.92 Å². The van der Waals surface area contributed by atoms with Gasteiger partial charge >= 0.3 is 0 Å². The third kappa shape index (κ3) is 6.14. The molecule has 6 heteroatoms. The first-order valence-electron chi connectivity index (χ1n) is 11.8. The van der Waals surface area contributed by atoms with Crippen LogP contribution in [-0.4, -0.2) is 31.4 Å². The van der Waals surface area contributed by atoms with Gasteiger partial charge in [-0.05, 0) is 62.4 Å². The molecule has 0 atom stereocenters. The Morgan fingerprint density at radius 1 is 1.03 bits per heavy atom. The molecule has 0 radical (unpaired) electrons. The van der Waals surface area contributed by atoms with Gasteiger partial charge in [0.2, 0.25) is 0 Å². The van der Waals surface area contributed by atoms with Crippen molar-refractivity contribution in [2.75, 3.05) is 26.4 Å². The van der Waals surface area contributed by atoms with Gasteiger partial charge in [0.25, 0.3) is 0 Å². The number of fused-ring (bicyclic) bond motifs is 1. The largest absolute Gasteiger partial charge is 0.493 e. The van der Waals surface area contributed by atoms with Crippen LogP contribution >= 0.6 is 0 Å².